The van der Waals surface area contributed by atoms with Gasteiger partial charge in [-0.3, -0.25) is 0 Å². The minimum absolute atomic E-state index is 0.498. The Hall–Kier alpha value is -1.44. The lowest BCUT2D eigenvalue weighted by Crippen LogP contribution is -2.28. The van der Waals surface area contributed by atoms with E-state index in [1.54, 1.807) is 6.07 Å². The van der Waals surface area contributed by atoms with Gasteiger partial charge in [0.1, 0.15) is 0 Å². The third kappa shape index (κ3) is 5.98. The molecule has 3 aliphatic rings. The number of aryl methyl sites for hydroxylation is 1. The predicted octanol–water partition coefficient (Wildman–Crippen LogP) is 9.68. The molecule has 0 saturated heterocycles. The van der Waals surface area contributed by atoms with Gasteiger partial charge in [0.25, 0.3) is 0 Å². The molecule has 1 aromatic rings. The van der Waals surface area contributed by atoms with E-state index in [1.165, 1.54) is 64.2 Å². The molecule has 0 bridgehead atoms. The largest absolute Gasteiger partial charge is 0.203 e. The van der Waals surface area contributed by atoms with Crippen LogP contribution < -0.4 is 0 Å². The molecule has 182 valence electrons. The molecular weight excluding hydrogens is 410 g/mol. The standard InChI is InChI=1S/C31H44F2/c1-3-5-7-22-8-10-23(11-9-22)24-12-14-25(15-13-24)26-16-18-27(19-17-26)29-21-20-28(6-4-2)30(32)31(29)33/h3,18,20-26H,1,4-17,19H2,2H3. The quantitative estimate of drug-likeness (QED) is 0.343. The van der Waals surface area contributed by atoms with Gasteiger partial charge in [0, 0.05) is 5.56 Å². The van der Waals surface area contributed by atoms with Crippen LogP contribution in [0, 0.1) is 41.2 Å². The van der Waals surface area contributed by atoms with Crippen molar-refractivity contribution in [2.75, 3.05) is 0 Å². The fourth-order valence-electron chi connectivity index (χ4n) is 7.22. The lowest BCUT2D eigenvalue weighted by molar-refractivity contribution is 0.121. The maximum absolute atomic E-state index is 14.7. The molecule has 33 heavy (non-hydrogen) atoms. The summed E-state index contributed by atoms with van der Waals surface area (Å²) in [7, 11) is 0. The second-order valence-electron chi connectivity index (χ2n) is 11.2. The van der Waals surface area contributed by atoms with Gasteiger partial charge in [-0.25, -0.2) is 8.78 Å². The molecule has 1 unspecified atom stereocenters. The van der Waals surface area contributed by atoms with Crippen LogP contribution in [0.3, 0.4) is 0 Å². The highest BCUT2D eigenvalue weighted by Crippen LogP contribution is 2.46. The summed E-state index contributed by atoms with van der Waals surface area (Å²) in [6, 6.07) is 3.60. The number of allylic oxidation sites excluding steroid dienone is 3. The zero-order valence-corrected chi connectivity index (χ0v) is 20.8. The maximum Gasteiger partial charge on any atom is 0.166 e. The van der Waals surface area contributed by atoms with Crippen LogP contribution in [0.4, 0.5) is 8.78 Å². The Kier molecular flexibility index (Phi) is 8.83. The first-order valence-corrected chi connectivity index (χ1v) is 13.9. The average Bonchev–Trinajstić information content (AvgIpc) is 2.86. The Morgan fingerprint density at radius 1 is 0.848 bits per heavy atom. The van der Waals surface area contributed by atoms with Crippen molar-refractivity contribution < 1.29 is 8.78 Å². The van der Waals surface area contributed by atoms with Crippen molar-refractivity contribution in [3.63, 3.8) is 0 Å². The molecule has 4 rings (SSSR count). The maximum atomic E-state index is 14.7. The topological polar surface area (TPSA) is 0 Å². The molecule has 1 aromatic carbocycles. The number of benzene rings is 1. The normalized spacial score (nSPS) is 30.6. The highest BCUT2D eigenvalue weighted by Gasteiger charge is 2.34. The van der Waals surface area contributed by atoms with E-state index in [-0.39, 0.29) is 0 Å². The summed E-state index contributed by atoms with van der Waals surface area (Å²) in [5.74, 6) is 3.16. The predicted molar refractivity (Wildman–Crippen MR) is 136 cm³/mol. The Bertz CT molecular complexity index is 806. The van der Waals surface area contributed by atoms with Crippen molar-refractivity contribution in [3.05, 3.63) is 53.6 Å². The van der Waals surface area contributed by atoms with E-state index in [2.05, 4.69) is 18.7 Å². The van der Waals surface area contributed by atoms with E-state index in [9.17, 15) is 8.78 Å². The molecule has 0 aromatic heterocycles. The summed E-state index contributed by atoms with van der Waals surface area (Å²) < 4.78 is 29.1. The van der Waals surface area contributed by atoms with Crippen molar-refractivity contribution in [2.24, 2.45) is 29.6 Å². The highest BCUT2D eigenvalue weighted by atomic mass is 19.2. The Labute approximate surface area is 200 Å². The molecule has 0 spiro atoms. The third-order valence-corrected chi connectivity index (χ3v) is 9.30. The number of halogens is 2. The highest BCUT2D eigenvalue weighted by molar-refractivity contribution is 5.67. The van der Waals surface area contributed by atoms with Gasteiger partial charge in [0.15, 0.2) is 11.6 Å². The van der Waals surface area contributed by atoms with Crippen molar-refractivity contribution >= 4 is 5.57 Å². The molecule has 0 nitrogen and oxygen atoms in total. The van der Waals surface area contributed by atoms with Crippen LogP contribution in [0.1, 0.15) is 108 Å². The molecule has 0 N–H and O–H groups in total. The smallest absolute Gasteiger partial charge is 0.166 e. The van der Waals surface area contributed by atoms with Crippen LogP contribution in [-0.2, 0) is 6.42 Å². The second kappa shape index (κ2) is 11.8. The van der Waals surface area contributed by atoms with Crippen LogP contribution in [0.5, 0.6) is 0 Å². The van der Waals surface area contributed by atoms with Gasteiger partial charge in [0.05, 0.1) is 0 Å². The fraction of sp³-hybridized carbons (Fsp3) is 0.677. The lowest BCUT2D eigenvalue weighted by atomic mass is 9.65. The number of hydrogen-bond acceptors (Lipinski definition) is 0. The molecule has 2 saturated carbocycles. The minimum atomic E-state index is -0.634. The van der Waals surface area contributed by atoms with Crippen LogP contribution >= 0.6 is 0 Å². The Morgan fingerprint density at radius 3 is 2.06 bits per heavy atom. The third-order valence-electron chi connectivity index (χ3n) is 9.30. The van der Waals surface area contributed by atoms with Crippen molar-refractivity contribution in [1.82, 2.24) is 0 Å². The average molecular weight is 455 g/mol. The minimum Gasteiger partial charge on any atom is -0.203 e. The molecule has 0 aliphatic heterocycles. The summed E-state index contributed by atoms with van der Waals surface area (Å²) in [5, 5.41) is 0. The Balaban J connectivity index is 1.26. The SMILES string of the molecule is C=CCCC1CCC(C2CCC(C3CC=C(c4ccc(CCC)c(F)c4F)CC3)CC2)CC1. The van der Waals surface area contributed by atoms with Gasteiger partial charge in [-0.15, -0.1) is 6.58 Å². The zero-order chi connectivity index (χ0) is 23.2. The number of rotatable bonds is 8. The van der Waals surface area contributed by atoms with Crippen LogP contribution in [0.2, 0.25) is 0 Å². The van der Waals surface area contributed by atoms with Crippen molar-refractivity contribution in [2.45, 2.75) is 103 Å². The second-order valence-corrected chi connectivity index (χ2v) is 11.2. The van der Waals surface area contributed by atoms with Gasteiger partial charge in [-0.2, -0.15) is 0 Å². The molecule has 2 fully saturated rings. The van der Waals surface area contributed by atoms with Crippen LogP contribution in [0.15, 0.2) is 30.9 Å². The van der Waals surface area contributed by atoms with E-state index in [0.29, 0.717) is 17.5 Å². The van der Waals surface area contributed by atoms with Gasteiger partial charge in [-0.05, 0) is 118 Å². The van der Waals surface area contributed by atoms with Gasteiger partial charge < -0.3 is 0 Å². The summed E-state index contributed by atoms with van der Waals surface area (Å²) in [4.78, 5) is 0. The van der Waals surface area contributed by atoms with E-state index in [4.69, 9.17) is 0 Å². The van der Waals surface area contributed by atoms with Crippen molar-refractivity contribution in [1.29, 1.82) is 0 Å². The van der Waals surface area contributed by atoms with E-state index < -0.39 is 11.6 Å². The van der Waals surface area contributed by atoms with E-state index >= 15 is 0 Å². The van der Waals surface area contributed by atoms with Crippen LogP contribution in [-0.4, -0.2) is 0 Å². The summed E-state index contributed by atoms with van der Waals surface area (Å²) in [6.07, 6.45) is 22.7. The lowest BCUT2D eigenvalue weighted by Gasteiger charge is -2.40. The van der Waals surface area contributed by atoms with Gasteiger partial charge in [0.2, 0.25) is 0 Å². The molecule has 0 heterocycles. The first kappa shape index (κ1) is 24.7. The molecule has 2 heteroatoms. The van der Waals surface area contributed by atoms with E-state index in [1.807, 2.05) is 13.0 Å². The monoisotopic (exact) mass is 454 g/mol. The number of hydrogen-bond donors (Lipinski definition) is 0. The molecular formula is C31H44F2. The van der Waals surface area contributed by atoms with Gasteiger partial charge >= 0.3 is 0 Å². The summed E-state index contributed by atoms with van der Waals surface area (Å²) in [6.45, 7) is 5.88. The first-order valence-electron chi connectivity index (χ1n) is 13.9. The van der Waals surface area contributed by atoms with E-state index in [0.717, 1.165) is 60.8 Å². The molecule has 0 radical (unpaired) electrons. The molecule has 1 atom stereocenters. The zero-order valence-electron chi connectivity index (χ0n) is 20.8. The van der Waals surface area contributed by atoms with Crippen molar-refractivity contribution in [3.8, 4) is 0 Å². The Morgan fingerprint density at radius 2 is 1.48 bits per heavy atom. The van der Waals surface area contributed by atoms with Crippen LogP contribution in [0.25, 0.3) is 5.57 Å². The summed E-state index contributed by atoms with van der Waals surface area (Å²) in [5.41, 5.74) is 2.03. The molecule has 3 aliphatic carbocycles. The fourth-order valence-corrected chi connectivity index (χ4v) is 7.22. The molecule has 0 amide bonds. The van der Waals surface area contributed by atoms with Gasteiger partial charge in [-0.1, -0.05) is 50.5 Å². The first-order chi connectivity index (χ1) is 16.1. The summed E-state index contributed by atoms with van der Waals surface area (Å²) >= 11 is 0.